The lowest BCUT2D eigenvalue weighted by Gasteiger charge is -2.34. The van der Waals surface area contributed by atoms with Crippen molar-refractivity contribution in [2.24, 2.45) is 0 Å². The monoisotopic (exact) mass is 357 g/mol. The van der Waals surface area contributed by atoms with E-state index in [9.17, 15) is 9.59 Å². The lowest BCUT2D eigenvalue weighted by molar-refractivity contribution is -0.140. The molecule has 0 aliphatic carbocycles. The Morgan fingerprint density at radius 3 is 2.90 bits per heavy atom. The van der Waals surface area contributed by atoms with E-state index in [1.165, 1.54) is 0 Å². The molecule has 20 heavy (non-hydrogen) atoms. The molecule has 1 aromatic rings. The predicted octanol–water partition coefficient (Wildman–Crippen LogP) is 3.38. The number of hydrogen-bond acceptors (Lipinski definition) is 3. The molecule has 6 heteroatoms. The molecule has 4 nitrogen and oxygen atoms in total. The molecule has 0 radical (unpaired) electrons. The summed E-state index contributed by atoms with van der Waals surface area (Å²) in [6.45, 7) is 0.648. The Hall–Kier alpha value is -1.14. The van der Waals surface area contributed by atoms with Crippen molar-refractivity contribution in [1.82, 2.24) is 4.90 Å². The summed E-state index contributed by atoms with van der Waals surface area (Å²) in [5.74, 6) is -0.943. The normalized spacial score (nSPS) is 19.4. The maximum atomic E-state index is 12.2. The molecule has 1 amide bonds. The maximum absolute atomic E-state index is 12.2. The van der Waals surface area contributed by atoms with Crippen molar-refractivity contribution in [3.63, 3.8) is 0 Å². The van der Waals surface area contributed by atoms with Crippen LogP contribution in [-0.2, 0) is 9.59 Å². The van der Waals surface area contributed by atoms with Gasteiger partial charge in [-0.25, -0.2) is 0 Å². The van der Waals surface area contributed by atoms with E-state index >= 15 is 0 Å². The molecule has 1 fully saturated rings. The van der Waals surface area contributed by atoms with E-state index in [0.717, 1.165) is 27.9 Å². The molecule has 0 spiro atoms. The van der Waals surface area contributed by atoms with Crippen LogP contribution in [0.3, 0.4) is 0 Å². The Bertz CT molecular complexity index is 526. The van der Waals surface area contributed by atoms with E-state index in [0.29, 0.717) is 6.54 Å². The van der Waals surface area contributed by atoms with Gasteiger partial charge < -0.3 is 10.0 Å². The van der Waals surface area contributed by atoms with E-state index in [2.05, 4.69) is 15.9 Å². The number of carbonyl (C=O) groups is 2. The minimum absolute atomic E-state index is 0.0319. The molecular weight excluding hydrogens is 342 g/mol. The second-order valence-electron chi connectivity index (χ2n) is 4.75. The van der Waals surface area contributed by atoms with Crippen molar-refractivity contribution in [3.05, 3.63) is 26.9 Å². The van der Waals surface area contributed by atoms with Gasteiger partial charge in [0.15, 0.2) is 0 Å². The molecular formula is C14H16BrNO3S. The smallest absolute Gasteiger partial charge is 0.305 e. The van der Waals surface area contributed by atoms with Crippen molar-refractivity contribution >= 4 is 45.2 Å². The molecule has 2 rings (SSSR count). The van der Waals surface area contributed by atoms with Crippen LogP contribution in [0.4, 0.5) is 0 Å². The number of carbonyl (C=O) groups excluding carboxylic acids is 1. The summed E-state index contributed by atoms with van der Waals surface area (Å²) in [6.07, 6.45) is 6.06. The summed E-state index contributed by atoms with van der Waals surface area (Å²) in [5.41, 5.74) is 0. The minimum atomic E-state index is -0.846. The minimum Gasteiger partial charge on any atom is -0.481 e. The van der Waals surface area contributed by atoms with Gasteiger partial charge in [-0.1, -0.05) is 0 Å². The van der Waals surface area contributed by atoms with Crippen LogP contribution in [0, 0.1) is 0 Å². The number of carboxylic acids is 1. The number of rotatable bonds is 4. The van der Waals surface area contributed by atoms with Gasteiger partial charge in [0, 0.05) is 23.5 Å². The molecule has 1 aliphatic rings. The van der Waals surface area contributed by atoms with Crippen LogP contribution in [0.15, 0.2) is 22.0 Å². The summed E-state index contributed by atoms with van der Waals surface area (Å²) >= 11 is 4.93. The largest absolute Gasteiger partial charge is 0.481 e. The van der Waals surface area contributed by atoms with Crippen LogP contribution in [0.5, 0.6) is 0 Å². The number of halogens is 1. The van der Waals surface area contributed by atoms with Crippen LogP contribution in [0.1, 0.15) is 30.6 Å². The van der Waals surface area contributed by atoms with E-state index in [4.69, 9.17) is 5.11 Å². The van der Waals surface area contributed by atoms with Gasteiger partial charge >= 0.3 is 5.97 Å². The number of hydrogen-bond donors (Lipinski definition) is 1. The van der Waals surface area contributed by atoms with Crippen LogP contribution >= 0.6 is 27.3 Å². The highest BCUT2D eigenvalue weighted by Gasteiger charge is 2.27. The highest BCUT2D eigenvalue weighted by Crippen LogP contribution is 2.24. The lowest BCUT2D eigenvalue weighted by Crippen LogP contribution is -2.44. The van der Waals surface area contributed by atoms with Crippen LogP contribution in [0.2, 0.25) is 0 Å². The van der Waals surface area contributed by atoms with Gasteiger partial charge in [0.1, 0.15) is 0 Å². The van der Waals surface area contributed by atoms with Gasteiger partial charge in [-0.05, 0) is 53.4 Å². The molecule has 1 N–H and O–H groups in total. The highest BCUT2D eigenvalue weighted by atomic mass is 79.9. The summed E-state index contributed by atoms with van der Waals surface area (Å²) in [6, 6.07) is 3.69. The van der Waals surface area contributed by atoms with Gasteiger partial charge in [0.05, 0.1) is 10.2 Å². The van der Waals surface area contributed by atoms with E-state index in [1.54, 1.807) is 28.4 Å². The van der Waals surface area contributed by atoms with E-state index in [-0.39, 0.29) is 18.4 Å². The standard InChI is InChI=1S/C14H16BrNO3S/c15-12-6-4-11(20-12)5-7-13(17)16-8-2-1-3-10(16)9-14(18)19/h4-7,10H,1-3,8-9H2,(H,18,19)/b7-5+. The van der Waals surface area contributed by atoms with Gasteiger partial charge in [0.25, 0.3) is 0 Å². The number of amides is 1. The number of thiophene rings is 1. The first kappa shape index (κ1) is 15.3. The third-order valence-electron chi connectivity index (χ3n) is 3.30. The summed E-state index contributed by atoms with van der Waals surface area (Å²) in [7, 11) is 0. The molecule has 0 aromatic carbocycles. The fourth-order valence-electron chi connectivity index (χ4n) is 2.37. The second kappa shape index (κ2) is 7.04. The van der Waals surface area contributed by atoms with Gasteiger partial charge in [-0.2, -0.15) is 0 Å². The summed E-state index contributed by atoms with van der Waals surface area (Å²) < 4.78 is 1.02. The third-order valence-corrected chi connectivity index (χ3v) is 4.89. The SMILES string of the molecule is O=C(O)CC1CCCCN1C(=O)/C=C/c1ccc(Br)s1. The number of piperidine rings is 1. The molecule has 108 valence electrons. The van der Waals surface area contributed by atoms with E-state index < -0.39 is 5.97 Å². The second-order valence-corrected chi connectivity index (χ2v) is 7.25. The molecule has 0 bridgehead atoms. The summed E-state index contributed by atoms with van der Waals surface area (Å²) in [4.78, 5) is 25.8. The van der Waals surface area contributed by atoms with Crippen molar-refractivity contribution in [2.75, 3.05) is 6.54 Å². The first-order valence-electron chi connectivity index (χ1n) is 6.52. The van der Waals surface area contributed by atoms with Gasteiger partial charge in [-0.3, -0.25) is 9.59 Å². The van der Waals surface area contributed by atoms with Crippen molar-refractivity contribution in [2.45, 2.75) is 31.7 Å². The molecule has 1 aliphatic heterocycles. The molecule has 1 saturated heterocycles. The highest BCUT2D eigenvalue weighted by molar-refractivity contribution is 9.11. The third kappa shape index (κ3) is 4.18. The Kier molecular flexibility index (Phi) is 5.37. The lowest BCUT2D eigenvalue weighted by atomic mass is 9.99. The van der Waals surface area contributed by atoms with Crippen molar-refractivity contribution in [3.8, 4) is 0 Å². The zero-order valence-electron chi connectivity index (χ0n) is 10.9. The average molecular weight is 358 g/mol. The maximum Gasteiger partial charge on any atom is 0.305 e. The van der Waals surface area contributed by atoms with Crippen molar-refractivity contribution < 1.29 is 14.7 Å². The van der Waals surface area contributed by atoms with E-state index in [1.807, 2.05) is 12.1 Å². The molecule has 0 saturated carbocycles. The Morgan fingerprint density at radius 1 is 1.45 bits per heavy atom. The van der Waals surface area contributed by atoms with Crippen LogP contribution in [-0.4, -0.2) is 34.5 Å². The number of carboxylic acid groups (broad SMARTS) is 1. The fourth-order valence-corrected chi connectivity index (χ4v) is 3.70. The number of aliphatic carboxylic acids is 1. The van der Waals surface area contributed by atoms with Gasteiger partial charge in [0.2, 0.25) is 5.91 Å². The first-order valence-corrected chi connectivity index (χ1v) is 8.13. The molecule has 2 heterocycles. The first-order chi connectivity index (χ1) is 9.56. The topological polar surface area (TPSA) is 57.6 Å². The van der Waals surface area contributed by atoms with Crippen LogP contribution < -0.4 is 0 Å². The van der Waals surface area contributed by atoms with Gasteiger partial charge in [-0.15, -0.1) is 11.3 Å². The molecule has 1 aromatic heterocycles. The Labute approximate surface area is 130 Å². The molecule has 1 atom stereocenters. The van der Waals surface area contributed by atoms with Crippen molar-refractivity contribution in [1.29, 1.82) is 0 Å². The quantitative estimate of drug-likeness (QED) is 0.840. The number of likely N-dealkylation sites (tertiary alicyclic amines) is 1. The fraction of sp³-hybridized carbons (Fsp3) is 0.429. The average Bonchev–Trinajstić information content (AvgIpc) is 2.82. The van der Waals surface area contributed by atoms with Crippen LogP contribution in [0.25, 0.3) is 6.08 Å². The molecule has 1 unspecified atom stereocenters. The Morgan fingerprint density at radius 2 is 2.25 bits per heavy atom. The summed E-state index contributed by atoms with van der Waals surface area (Å²) in [5, 5.41) is 8.92. The zero-order chi connectivity index (χ0) is 14.5. The predicted molar refractivity (Wildman–Crippen MR) is 82.7 cm³/mol. The zero-order valence-corrected chi connectivity index (χ0v) is 13.3. The number of nitrogens with zero attached hydrogens (tertiary/aromatic N) is 1. The Balaban J connectivity index is 2.02.